The molecule has 1 aliphatic carbocycles. The van der Waals surface area contributed by atoms with E-state index < -0.39 is 28.5 Å². The predicted molar refractivity (Wildman–Crippen MR) is 135 cm³/mol. The minimum Gasteiger partial charge on any atom is -0.352 e. The third kappa shape index (κ3) is 6.73. The van der Waals surface area contributed by atoms with E-state index in [9.17, 15) is 18.0 Å². The van der Waals surface area contributed by atoms with Crippen molar-refractivity contribution in [2.45, 2.75) is 58.2 Å². The highest BCUT2D eigenvalue weighted by atomic mass is 35.5. The lowest BCUT2D eigenvalue weighted by Gasteiger charge is -2.32. The van der Waals surface area contributed by atoms with E-state index in [2.05, 4.69) is 5.32 Å². The molecule has 184 valence electrons. The lowest BCUT2D eigenvalue weighted by molar-refractivity contribution is -0.139. The number of hydrogen-bond donors (Lipinski definition) is 1. The topological polar surface area (TPSA) is 86.8 Å². The van der Waals surface area contributed by atoms with Crippen LogP contribution in [0.5, 0.6) is 0 Å². The standard InChI is InChI=1S/C25H32ClN3O4S/c1-18-9-8-10-20(15-18)16-28(19(2)25(31)27-21-11-4-5-12-21)24(30)17-29(34(3,32)33)23-14-7-6-13-22(23)26/h6-10,13-15,19,21H,4-5,11-12,16-17H2,1-3H3,(H,27,31)/t19-/m0/s1. The summed E-state index contributed by atoms with van der Waals surface area (Å²) in [4.78, 5) is 28.0. The Bertz CT molecular complexity index is 1130. The molecule has 9 heteroatoms. The molecule has 1 saturated carbocycles. The zero-order chi connectivity index (χ0) is 24.9. The Morgan fingerprint density at radius 2 is 1.79 bits per heavy atom. The van der Waals surface area contributed by atoms with Gasteiger partial charge in [0.2, 0.25) is 21.8 Å². The summed E-state index contributed by atoms with van der Waals surface area (Å²) in [7, 11) is -3.81. The SMILES string of the molecule is Cc1cccc(CN(C(=O)CN(c2ccccc2Cl)S(C)(=O)=O)[C@@H](C)C(=O)NC2CCCC2)c1. The molecular weight excluding hydrogens is 474 g/mol. The molecule has 1 fully saturated rings. The van der Waals surface area contributed by atoms with E-state index in [0.29, 0.717) is 0 Å². The summed E-state index contributed by atoms with van der Waals surface area (Å²) < 4.78 is 26.2. The van der Waals surface area contributed by atoms with Gasteiger partial charge in [-0.1, -0.05) is 66.4 Å². The third-order valence-corrected chi connectivity index (χ3v) is 7.55. The summed E-state index contributed by atoms with van der Waals surface area (Å²) in [5.41, 5.74) is 2.11. The number of nitrogens with zero attached hydrogens (tertiary/aromatic N) is 2. The maximum absolute atomic E-state index is 13.6. The Kier molecular flexibility index (Phi) is 8.60. The maximum Gasteiger partial charge on any atom is 0.244 e. The van der Waals surface area contributed by atoms with Crippen molar-refractivity contribution in [3.05, 3.63) is 64.7 Å². The molecule has 1 N–H and O–H groups in total. The van der Waals surface area contributed by atoms with E-state index in [1.807, 2.05) is 31.2 Å². The fourth-order valence-corrected chi connectivity index (χ4v) is 5.38. The van der Waals surface area contributed by atoms with Crippen LogP contribution in [0.15, 0.2) is 48.5 Å². The van der Waals surface area contributed by atoms with E-state index in [1.165, 1.54) is 4.90 Å². The molecule has 34 heavy (non-hydrogen) atoms. The van der Waals surface area contributed by atoms with Crippen molar-refractivity contribution in [1.82, 2.24) is 10.2 Å². The minimum absolute atomic E-state index is 0.113. The first-order chi connectivity index (χ1) is 16.1. The number of carbonyl (C=O) groups is 2. The summed E-state index contributed by atoms with van der Waals surface area (Å²) in [6, 6.07) is 13.5. The monoisotopic (exact) mass is 505 g/mol. The smallest absolute Gasteiger partial charge is 0.244 e. The van der Waals surface area contributed by atoms with Gasteiger partial charge in [0.25, 0.3) is 0 Å². The van der Waals surface area contributed by atoms with Crippen LogP contribution in [0, 0.1) is 6.92 Å². The second kappa shape index (κ2) is 11.2. The molecule has 2 aromatic rings. The molecule has 0 aliphatic heterocycles. The number of carbonyl (C=O) groups excluding carboxylic acids is 2. The minimum atomic E-state index is -3.81. The van der Waals surface area contributed by atoms with Gasteiger partial charge in [-0.2, -0.15) is 0 Å². The van der Waals surface area contributed by atoms with Crippen LogP contribution in [0.2, 0.25) is 5.02 Å². The van der Waals surface area contributed by atoms with Crippen molar-refractivity contribution in [1.29, 1.82) is 0 Å². The van der Waals surface area contributed by atoms with Crippen LogP contribution in [0.1, 0.15) is 43.7 Å². The molecule has 0 spiro atoms. The predicted octanol–water partition coefficient (Wildman–Crippen LogP) is 3.89. The highest BCUT2D eigenvalue weighted by molar-refractivity contribution is 7.92. The molecule has 0 unspecified atom stereocenters. The molecule has 2 amide bonds. The number of sulfonamides is 1. The van der Waals surface area contributed by atoms with E-state index in [0.717, 1.165) is 47.4 Å². The maximum atomic E-state index is 13.6. The van der Waals surface area contributed by atoms with Crippen molar-refractivity contribution in [3.63, 3.8) is 0 Å². The molecule has 7 nitrogen and oxygen atoms in total. The largest absolute Gasteiger partial charge is 0.352 e. The van der Waals surface area contributed by atoms with Crippen molar-refractivity contribution >= 4 is 39.1 Å². The number of benzene rings is 2. The average Bonchev–Trinajstić information content (AvgIpc) is 3.28. The van der Waals surface area contributed by atoms with Crippen molar-refractivity contribution in [2.75, 3.05) is 17.1 Å². The summed E-state index contributed by atoms with van der Waals surface area (Å²) in [5.74, 6) is -0.725. The molecular formula is C25H32ClN3O4S. The molecule has 2 aromatic carbocycles. The quantitative estimate of drug-likeness (QED) is 0.560. The van der Waals surface area contributed by atoms with E-state index in [4.69, 9.17) is 11.6 Å². The fourth-order valence-electron chi connectivity index (χ4n) is 4.23. The number of amides is 2. The van der Waals surface area contributed by atoms with Crippen molar-refractivity contribution < 1.29 is 18.0 Å². The number of para-hydroxylation sites is 1. The number of nitrogens with one attached hydrogen (secondary N) is 1. The van der Waals surface area contributed by atoms with Crippen LogP contribution < -0.4 is 9.62 Å². The number of halogens is 1. The zero-order valence-corrected chi connectivity index (χ0v) is 21.4. The van der Waals surface area contributed by atoms with E-state index in [1.54, 1.807) is 31.2 Å². The van der Waals surface area contributed by atoms with Gasteiger partial charge in [0.05, 0.1) is 17.0 Å². The second-order valence-corrected chi connectivity index (χ2v) is 11.2. The molecule has 3 rings (SSSR count). The Morgan fingerprint density at radius 3 is 2.41 bits per heavy atom. The Labute approximate surface area is 207 Å². The highest BCUT2D eigenvalue weighted by Gasteiger charge is 2.31. The van der Waals surface area contributed by atoms with Gasteiger partial charge in [0.1, 0.15) is 12.6 Å². The van der Waals surface area contributed by atoms with Gasteiger partial charge in [0, 0.05) is 12.6 Å². The van der Waals surface area contributed by atoms with Crippen molar-refractivity contribution in [2.24, 2.45) is 0 Å². The summed E-state index contributed by atoms with van der Waals surface area (Å²) in [6.07, 6.45) is 5.04. The number of anilines is 1. The molecule has 0 bridgehead atoms. The summed E-state index contributed by atoms with van der Waals surface area (Å²) in [5, 5.41) is 3.27. The molecule has 1 atom stereocenters. The van der Waals surface area contributed by atoms with Crippen LogP contribution in [0.25, 0.3) is 0 Å². The lowest BCUT2D eigenvalue weighted by atomic mass is 10.1. The van der Waals surface area contributed by atoms with Gasteiger partial charge in [-0.3, -0.25) is 13.9 Å². The van der Waals surface area contributed by atoms with Gasteiger partial charge in [-0.05, 0) is 44.4 Å². The Morgan fingerprint density at radius 1 is 1.12 bits per heavy atom. The van der Waals surface area contributed by atoms with Crippen LogP contribution in [0.3, 0.4) is 0 Å². The Balaban J connectivity index is 1.89. The van der Waals surface area contributed by atoms with Gasteiger partial charge >= 0.3 is 0 Å². The van der Waals surface area contributed by atoms with Crippen LogP contribution in [-0.2, 0) is 26.2 Å². The first-order valence-electron chi connectivity index (χ1n) is 11.4. The number of aryl methyl sites for hydroxylation is 1. The van der Waals surface area contributed by atoms with Gasteiger partial charge in [-0.25, -0.2) is 8.42 Å². The first kappa shape index (κ1) is 26.0. The second-order valence-electron chi connectivity index (χ2n) is 8.90. The normalized spacial score (nSPS) is 15.1. The van der Waals surface area contributed by atoms with Crippen LogP contribution in [-0.4, -0.2) is 50.0 Å². The zero-order valence-electron chi connectivity index (χ0n) is 19.8. The van der Waals surface area contributed by atoms with Crippen LogP contribution in [0.4, 0.5) is 5.69 Å². The molecule has 0 radical (unpaired) electrons. The van der Waals surface area contributed by atoms with Crippen LogP contribution >= 0.6 is 11.6 Å². The lowest BCUT2D eigenvalue weighted by Crippen LogP contribution is -2.52. The Hall–Kier alpha value is -2.58. The highest BCUT2D eigenvalue weighted by Crippen LogP contribution is 2.27. The van der Waals surface area contributed by atoms with Gasteiger partial charge in [0.15, 0.2) is 0 Å². The van der Waals surface area contributed by atoms with Gasteiger partial charge in [-0.15, -0.1) is 0 Å². The average molecular weight is 506 g/mol. The summed E-state index contributed by atoms with van der Waals surface area (Å²) in [6.45, 7) is 3.35. The number of rotatable bonds is 9. The van der Waals surface area contributed by atoms with E-state index >= 15 is 0 Å². The molecule has 0 saturated heterocycles. The van der Waals surface area contributed by atoms with Crippen molar-refractivity contribution in [3.8, 4) is 0 Å². The molecule has 0 heterocycles. The first-order valence-corrected chi connectivity index (χ1v) is 13.7. The molecule has 0 aromatic heterocycles. The summed E-state index contributed by atoms with van der Waals surface area (Å²) >= 11 is 6.25. The third-order valence-electron chi connectivity index (χ3n) is 6.10. The van der Waals surface area contributed by atoms with E-state index in [-0.39, 0.29) is 29.2 Å². The fraction of sp³-hybridized carbons (Fsp3) is 0.440. The molecule has 1 aliphatic rings. The number of hydrogen-bond acceptors (Lipinski definition) is 4. The van der Waals surface area contributed by atoms with Gasteiger partial charge < -0.3 is 10.2 Å².